The van der Waals surface area contributed by atoms with E-state index in [1.54, 1.807) is 6.07 Å². The Kier molecular flexibility index (Phi) is 3.88. The van der Waals surface area contributed by atoms with E-state index in [1.165, 1.54) is 6.07 Å². The lowest BCUT2D eigenvalue weighted by Gasteiger charge is -2.22. The van der Waals surface area contributed by atoms with Crippen molar-refractivity contribution in [3.63, 3.8) is 0 Å². The van der Waals surface area contributed by atoms with Gasteiger partial charge in [0, 0.05) is 24.2 Å². The molecule has 0 aliphatic carbocycles. The number of halogens is 1. The highest BCUT2D eigenvalue weighted by Gasteiger charge is 2.26. The van der Waals surface area contributed by atoms with E-state index in [9.17, 15) is 19.6 Å². The second-order valence-electron chi connectivity index (χ2n) is 4.46. The van der Waals surface area contributed by atoms with E-state index in [-0.39, 0.29) is 12.6 Å². The van der Waals surface area contributed by atoms with Crippen molar-refractivity contribution >= 4 is 5.69 Å². The van der Waals surface area contributed by atoms with Crippen LogP contribution in [0.25, 0.3) is 0 Å². The van der Waals surface area contributed by atoms with Crippen LogP contribution in [0.3, 0.4) is 0 Å². The number of hydrogen-bond donors (Lipinski definition) is 1. The largest absolute Gasteiger partial charge is 0.395 e. The molecule has 1 aliphatic heterocycles. The standard InChI is InChI=1S/C12H15FN2O3/c13-12-9(3-1-5-11(12)15(17)18)7-14-6-2-4-10(14)8-16/h1,3,5,10,16H,2,4,6-8H2/t10-/m1/s1. The predicted octanol–water partition coefficient (Wildman–Crippen LogP) is 1.69. The van der Waals surface area contributed by atoms with Crippen LogP contribution in [0.2, 0.25) is 0 Å². The number of nitro benzene ring substituents is 1. The van der Waals surface area contributed by atoms with Crippen LogP contribution in [-0.2, 0) is 6.54 Å². The van der Waals surface area contributed by atoms with Gasteiger partial charge in [0.25, 0.3) is 0 Å². The monoisotopic (exact) mass is 254 g/mol. The zero-order valence-corrected chi connectivity index (χ0v) is 9.88. The quantitative estimate of drug-likeness (QED) is 0.656. The van der Waals surface area contributed by atoms with Crippen molar-refractivity contribution in [2.45, 2.75) is 25.4 Å². The second kappa shape index (κ2) is 5.41. The van der Waals surface area contributed by atoms with E-state index >= 15 is 0 Å². The van der Waals surface area contributed by atoms with Crippen molar-refractivity contribution < 1.29 is 14.4 Å². The number of rotatable bonds is 4. The number of benzene rings is 1. The maximum absolute atomic E-state index is 13.9. The molecular formula is C12H15FN2O3. The zero-order chi connectivity index (χ0) is 13.1. The maximum atomic E-state index is 13.9. The summed E-state index contributed by atoms with van der Waals surface area (Å²) < 4.78 is 13.9. The topological polar surface area (TPSA) is 66.6 Å². The molecule has 18 heavy (non-hydrogen) atoms. The van der Waals surface area contributed by atoms with Gasteiger partial charge in [0.2, 0.25) is 5.82 Å². The van der Waals surface area contributed by atoms with Crippen LogP contribution in [0.5, 0.6) is 0 Å². The van der Waals surface area contributed by atoms with E-state index in [1.807, 2.05) is 4.90 Å². The Morgan fingerprint density at radius 2 is 2.33 bits per heavy atom. The molecule has 0 aromatic heterocycles. The molecule has 0 unspecified atom stereocenters. The van der Waals surface area contributed by atoms with Crippen LogP contribution in [0.15, 0.2) is 18.2 Å². The van der Waals surface area contributed by atoms with Crippen LogP contribution < -0.4 is 0 Å². The van der Waals surface area contributed by atoms with E-state index in [0.717, 1.165) is 25.5 Å². The normalized spacial score (nSPS) is 20.2. The highest BCUT2D eigenvalue weighted by atomic mass is 19.1. The molecule has 1 aliphatic rings. The third-order valence-corrected chi connectivity index (χ3v) is 3.34. The minimum atomic E-state index is -0.772. The van der Waals surface area contributed by atoms with Crippen LogP contribution in [0.4, 0.5) is 10.1 Å². The van der Waals surface area contributed by atoms with Crippen LogP contribution in [0.1, 0.15) is 18.4 Å². The van der Waals surface area contributed by atoms with E-state index in [2.05, 4.69) is 0 Å². The lowest BCUT2D eigenvalue weighted by molar-refractivity contribution is -0.387. The van der Waals surface area contributed by atoms with Crippen molar-refractivity contribution in [2.24, 2.45) is 0 Å². The highest BCUT2D eigenvalue weighted by Crippen LogP contribution is 2.24. The van der Waals surface area contributed by atoms with Crippen molar-refractivity contribution in [3.8, 4) is 0 Å². The molecule has 1 atom stereocenters. The highest BCUT2D eigenvalue weighted by molar-refractivity contribution is 5.36. The minimum absolute atomic E-state index is 0.0312. The summed E-state index contributed by atoms with van der Waals surface area (Å²) >= 11 is 0. The maximum Gasteiger partial charge on any atom is 0.305 e. The van der Waals surface area contributed by atoms with Gasteiger partial charge < -0.3 is 5.11 Å². The number of aliphatic hydroxyl groups excluding tert-OH is 1. The Morgan fingerprint density at radius 1 is 1.56 bits per heavy atom. The summed E-state index contributed by atoms with van der Waals surface area (Å²) in [5.41, 5.74) is -0.184. The first-order chi connectivity index (χ1) is 8.63. The first-order valence-corrected chi connectivity index (χ1v) is 5.90. The number of aliphatic hydroxyl groups is 1. The molecule has 5 nitrogen and oxygen atoms in total. The average molecular weight is 254 g/mol. The average Bonchev–Trinajstić information content (AvgIpc) is 2.78. The van der Waals surface area contributed by atoms with Gasteiger partial charge in [0.05, 0.1) is 11.5 Å². The smallest absolute Gasteiger partial charge is 0.305 e. The first-order valence-electron chi connectivity index (χ1n) is 5.90. The number of nitro groups is 1. The zero-order valence-electron chi connectivity index (χ0n) is 9.88. The molecule has 1 aromatic rings. The number of hydrogen-bond acceptors (Lipinski definition) is 4. The first kappa shape index (κ1) is 12.9. The molecule has 98 valence electrons. The Balaban J connectivity index is 2.19. The Bertz CT molecular complexity index is 453. The molecule has 0 amide bonds. The van der Waals surface area contributed by atoms with Crippen molar-refractivity contribution in [1.29, 1.82) is 0 Å². The third-order valence-electron chi connectivity index (χ3n) is 3.34. The van der Waals surface area contributed by atoms with E-state index < -0.39 is 16.4 Å². The van der Waals surface area contributed by atoms with Gasteiger partial charge in [-0.1, -0.05) is 12.1 Å². The lowest BCUT2D eigenvalue weighted by Crippen LogP contribution is -2.31. The van der Waals surface area contributed by atoms with Gasteiger partial charge in [-0.2, -0.15) is 4.39 Å². The predicted molar refractivity (Wildman–Crippen MR) is 63.6 cm³/mol. The number of likely N-dealkylation sites (tertiary alicyclic amines) is 1. The minimum Gasteiger partial charge on any atom is -0.395 e. The van der Waals surface area contributed by atoms with Crippen LogP contribution in [0, 0.1) is 15.9 Å². The van der Waals surface area contributed by atoms with Gasteiger partial charge in [0.1, 0.15) is 0 Å². The summed E-state index contributed by atoms with van der Waals surface area (Å²) in [4.78, 5) is 11.9. The fraction of sp³-hybridized carbons (Fsp3) is 0.500. The molecular weight excluding hydrogens is 239 g/mol. The molecule has 6 heteroatoms. The van der Waals surface area contributed by atoms with Gasteiger partial charge in [-0.3, -0.25) is 15.0 Å². The fourth-order valence-electron chi connectivity index (χ4n) is 2.36. The van der Waals surface area contributed by atoms with Crippen LogP contribution in [-0.4, -0.2) is 34.1 Å². The lowest BCUT2D eigenvalue weighted by atomic mass is 10.1. The Morgan fingerprint density at radius 3 is 3.00 bits per heavy atom. The number of nitrogens with zero attached hydrogens (tertiary/aromatic N) is 2. The molecule has 1 fully saturated rings. The van der Waals surface area contributed by atoms with Gasteiger partial charge in [-0.25, -0.2) is 0 Å². The van der Waals surface area contributed by atoms with Gasteiger partial charge >= 0.3 is 5.69 Å². The van der Waals surface area contributed by atoms with Gasteiger partial charge in [-0.15, -0.1) is 0 Å². The summed E-state index contributed by atoms with van der Waals surface area (Å²) in [7, 11) is 0. The molecule has 0 radical (unpaired) electrons. The fourth-order valence-corrected chi connectivity index (χ4v) is 2.36. The van der Waals surface area contributed by atoms with Crippen molar-refractivity contribution in [2.75, 3.05) is 13.2 Å². The van der Waals surface area contributed by atoms with Crippen molar-refractivity contribution in [3.05, 3.63) is 39.7 Å². The molecule has 1 aromatic carbocycles. The molecule has 0 saturated carbocycles. The molecule has 2 rings (SSSR count). The summed E-state index contributed by atoms with van der Waals surface area (Å²) in [6.45, 7) is 1.13. The molecule has 0 bridgehead atoms. The summed E-state index contributed by atoms with van der Waals surface area (Å²) in [5.74, 6) is -0.772. The molecule has 1 saturated heterocycles. The van der Waals surface area contributed by atoms with E-state index in [4.69, 9.17) is 0 Å². The molecule has 1 N–H and O–H groups in total. The molecule has 0 spiro atoms. The second-order valence-corrected chi connectivity index (χ2v) is 4.46. The Hall–Kier alpha value is -1.53. The summed E-state index contributed by atoms with van der Waals surface area (Å²) in [5, 5.41) is 19.8. The summed E-state index contributed by atoms with van der Waals surface area (Å²) in [6.07, 6.45) is 1.84. The van der Waals surface area contributed by atoms with Crippen molar-refractivity contribution in [1.82, 2.24) is 4.90 Å². The van der Waals surface area contributed by atoms with E-state index in [0.29, 0.717) is 12.1 Å². The third kappa shape index (κ3) is 2.49. The Labute approximate surface area is 104 Å². The summed E-state index contributed by atoms with van der Waals surface area (Å²) in [6, 6.07) is 4.23. The van der Waals surface area contributed by atoms with Crippen LogP contribution >= 0.6 is 0 Å². The van der Waals surface area contributed by atoms with Gasteiger partial charge in [-0.05, 0) is 19.4 Å². The van der Waals surface area contributed by atoms with Gasteiger partial charge in [0.15, 0.2) is 0 Å². The SMILES string of the molecule is O=[N+]([O-])c1cccc(CN2CCC[C@@H]2CO)c1F. The molecule has 1 heterocycles.